The minimum Gasteiger partial charge on any atom is -0.360 e. The molecule has 3 aromatic heterocycles. The fourth-order valence-corrected chi connectivity index (χ4v) is 4.86. The first-order valence-electron chi connectivity index (χ1n) is 7.54. The van der Waals surface area contributed by atoms with Crippen molar-refractivity contribution in [2.75, 3.05) is 0 Å². The summed E-state index contributed by atoms with van der Waals surface area (Å²) in [6, 6.07) is 12.0. The Kier molecular flexibility index (Phi) is 4.18. The fourth-order valence-electron chi connectivity index (χ4n) is 2.56. The number of benzene rings is 1. The van der Waals surface area contributed by atoms with E-state index in [0.717, 1.165) is 21.0 Å². The van der Waals surface area contributed by atoms with E-state index in [9.17, 15) is 8.42 Å². The maximum absolute atomic E-state index is 12.6. The highest BCUT2D eigenvalue weighted by molar-refractivity contribution is 7.91. The van der Waals surface area contributed by atoms with Crippen LogP contribution in [0.3, 0.4) is 0 Å². The molecule has 1 aromatic carbocycles. The molecule has 0 unspecified atom stereocenters. The van der Waals surface area contributed by atoms with Crippen molar-refractivity contribution in [3.05, 3.63) is 64.8 Å². The summed E-state index contributed by atoms with van der Waals surface area (Å²) in [5.74, 6) is 0.550. The number of rotatable bonds is 4. The minimum absolute atomic E-state index is 0.229. The first-order valence-corrected chi connectivity index (χ1v) is 10.2. The average molecular weight is 406 g/mol. The summed E-state index contributed by atoms with van der Waals surface area (Å²) in [5, 5.41) is 10.7. The summed E-state index contributed by atoms with van der Waals surface area (Å²) in [4.78, 5) is 0. The van der Waals surface area contributed by atoms with Crippen LogP contribution in [0.4, 0.5) is 0 Å². The number of hydrogen-bond acceptors (Lipinski definition) is 6. The standard InChI is InChI=1S/C17H12ClN3O3S2/c1-11-16(17(20-24-11)12-4-6-13(18)7-5-12)14-8-9-21(19-14)26(22,23)15-3-2-10-25-15/h2-10H,1H3. The molecule has 0 bridgehead atoms. The summed E-state index contributed by atoms with van der Waals surface area (Å²) in [6.07, 6.45) is 1.42. The van der Waals surface area contributed by atoms with Crippen molar-refractivity contribution < 1.29 is 12.9 Å². The maximum Gasteiger partial charge on any atom is 0.292 e. The van der Waals surface area contributed by atoms with Crippen LogP contribution in [0.2, 0.25) is 5.02 Å². The summed E-state index contributed by atoms with van der Waals surface area (Å²) in [6.45, 7) is 1.76. The van der Waals surface area contributed by atoms with Gasteiger partial charge in [-0.25, -0.2) is 0 Å². The number of hydrogen-bond donors (Lipinski definition) is 0. The molecule has 0 aliphatic heterocycles. The molecule has 4 rings (SSSR count). The van der Waals surface area contributed by atoms with Gasteiger partial charge in [-0.15, -0.1) is 11.3 Å². The molecule has 0 saturated heterocycles. The zero-order valence-electron chi connectivity index (χ0n) is 13.5. The quantitative estimate of drug-likeness (QED) is 0.500. The zero-order chi connectivity index (χ0) is 18.3. The van der Waals surface area contributed by atoms with E-state index < -0.39 is 10.0 Å². The summed E-state index contributed by atoms with van der Waals surface area (Å²) < 4.78 is 31.7. The largest absolute Gasteiger partial charge is 0.360 e. The smallest absolute Gasteiger partial charge is 0.292 e. The second kappa shape index (κ2) is 6.39. The zero-order valence-corrected chi connectivity index (χ0v) is 15.8. The third-order valence-electron chi connectivity index (χ3n) is 3.80. The van der Waals surface area contributed by atoms with E-state index in [0.29, 0.717) is 27.7 Å². The fraction of sp³-hybridized carbons (Fsp3) is 0.0588. The van der Waals surface area contributed by atoms with Gasteiger partial charge in [0.1, 0.15) is 15.7 Å². The topological polar surface area (TPSA) is 78.0 Å². The molecule has 0 radical (unpaired) electrons. The number of aromatic nitrogens is 3. The predicted molar refractivity (Wildman–Crippen MR) is 99.8 cm³/mol. The molecule has 0 fully saturated rings. The molecule has 0 atom stereocenters. The second-order valence-electron chi connectivity index (χ2n) is 5.48. The highest BCUT2D eigenvalue weighted by atomic mass is 35.5. The molecule has 0 spiro atoms. The van der Waals surface area contributed by atoms with Crippen LogP contribution in [-0.2, 0) is 10.0 Å². The molecule has 26 heavy (non-hydrogen) atoms. The monoisotopic (exact) mass is 405 g/mol. The van der Waals surface area contributed by atoms with Gasteiger partial charge in [0.25, 0.3) is 10.0 Å². The summed E-state index contributed by atoms with van der Waals surface area (Å²) in [7, 11) is -3.71. The van der Waals surface area contributed by atoms with E-state index in [1.54, 1.807) is 42.6 Å². The van der Waals surface area contributed by atoms with Gasteiger partial charge in [-0.3, -0.25) is 0 Å². The Morgan fingerprint density at radius 3 is 2.62 bits per heavy atom. The van der Waals surface area contributed by atoms with E-state index in [-0.39, 0.29) is 4.21 Å². The van der Waals surface area contributed by atoms with E-state index in [4.69, 9.17) is 16.1 Å². The Hall–Kier alpha value is -2.42. The lowest BCUT2D eigenvalue weighted by molar-refractivity contribution is 0.400. The Balaban J connectivity index is 1.80. The van der Waals surface area contributed by atoms with Crippen LogP contribution in [0.5, 0.6) is 0 Å². The molecular weight excluding hydrogens is 394 g/mol. The maximum atomic E-state index is 12.6. The Labute approximate surface area is 158 Å². The van der Waals surface area contributed by atoms with Crippen LogP contribution in [-0.4, -0.2) is 22.8 Å². The normalized spacial score (nSPS) is 11.8. The van der Waals surface area contributed by atoms with Gasteiger partial charge in [0.2, 0.25) is 0 Å². The molecule has 0 aliphatic rings. The molecule has 0 amide bonds. The van der Waals surface area contributed by atoms with Crippen LogP contribution in [0.15, 0.2) is 62.8 Å². The van der Waals surface area contributed by atoms with Crippen LogP contribution >= 0.6 is 22.9 Å². The predicted octanol–water partition coefficient (Wildman–Crippen LogP) is 4.47. The minimum atomic E-state index is -3.71. The van der Waals surface area contributed by atoms with E-state index in [2.05, 4.69) is 10.3 Å². The molecule has 132 valence electrons. The Bertz CT molecular complexity index is 1160. The number of thiophene rings is 1. The number of nitrogens with zero attached hydrogens (tertiary/aromatic N) is 3. The van der Waals surface area contributed by atoms with Crippen molar-refractivity contribution in [3.8, 4) is 22.5 Å². The van der Waals surface area contributed by atoms with Gasteiger partial charge >= 0.3 is 0 Å². The molecule has 3 heterocycles. The van der Waals surface area contributed by atoms with Crippen LogP contribution < -0.4 is 0 Å². The Morgan fingerprint density at radius 1 is 1.15 bits per heavy atom. The van der Waals surface area contributed by atoms with Crippen molar-refractivity contribution >= 4 is 33.0 Å². The van der Waals surface area contributed by atoms with Gasteiger partial charge in [0.15, 0.2) is 0 Å². The molecular formula is C17H12ClN3O3S2. The molecule has 0 aliphatic carbocycles. The third-order valence-corrected chi connectivity index (χ3v) is 6.97. The second-order valence-corrected chi connectivity index (χ2v) is 8.89. The van der Waals surface area contributed by atoms with Gasteiger partial charge < -0.3 is 4.52 Å². The van der Waals surface area contributed by atoms with Gasteiger partial charge in [0.05, 0.1) is 11.3 Å². The highest BCUT2D eigenvalue weighted by Gasteiger charge is 2.23. The third kappa shape index (κ3) is 2.86. The van der Waals surface area contributed by atoms with Crippen molar-refractivity contribution in [1.82, 2.24) is 14.3 Å². The first kappa shape index (κ1) is 17.0. The van der Waals surface area contributed by atoms with E-state index in [1.165, 1.54) is 6.20 Å². The molecule has 0 saturated carbocycles. The average Bonchev–Trinajstić information content (AvgIpc) is 3.36. The Morgan fingerprint density at radius 2 is 1.92 bits per heavy atom. The first-order chi connectivity index (χ1) is 12.5. The van der Waals surface area contributed by atoms with Crippen LogP contribution in [0.25, 0.3) is 22.5 Å². The molecule has 4 aromatic rings. The lowest BCUT2D eigenvalue weighted by Gasteiger charge is -2.02. The molecule has 0 N–H and O–H groups in total. The summed E-state index contributed by atoms with van der Waals surface area (Å²) >= 11 is 7.08. The van der Waals surface area contributed by atoms with Crippen LogP contribution in [0, 0.1) is 6.92 Å². The molecule has 6 nitrogen and oxygen atoms in total. The van der Waals surface area contributed by atoms with Crippen molar-refractivity contribution in [1.29, 1.82) is 0 Å². The number of aryl methyl sites for hydroxylation is 1. The van der Waals surface area contributed by atoms with E-state index in [1.807, 2.05) is 12.1 Å². The van der Waals surface area contributed by atoms with Gasteiger partial charge in [-0.1, -0.05) is 35.0 Å². The number of halogens is 1. The SMILES string of the molecule is Cc1onc(-c2ccc(Cl)cc2)c1-c1ccn(S(=O)(=O)c2cccs2)n1. The van der Waals surface area contributed by atoms with Crippen LogP contribution in [0.1, 0.15) is 5.76 Å². The molecule has 9 heteroatoms. The lowest BCUT2D eigenvalue weighted by atomic mass is 10.0. The lowest BCUT2D eigenvalue weighted by Crippen LogP contribution is -2.12. The van der Waals surface area contributed by atoms with Gasteiger partial charge in [0, 0.05) is 16.8 Å². The van der Waals surface area contributed by atoms with Crippen molar-refractivity contribution in [2.24, 2.45) is 0 Å². The van der Waals surface area contributed by atoms with Crippen molar-refractivity contribution in [3.63, 3.8) is 0 Å². The summed E-state index contributed by atoms with van der Waals surface area (Å²) in [5.41, 5.74) is 2.50. The van der Waals surface area contributed by atoms with Gasteiger partial charge in [-0.05, 0) is 36.6 Å². The van der Waals surface area contributed by atoms with Gasteiger partial charge in [-0.2, -0.15) is 17.6 Å². The van der Waals surface area contributed by atoms with E-state index >= 15 is 0 Å². The van der Waals surface area contributed by atoms with Crippen molar-refractivity contribution in [2.45, 2.75) is 11.1 Å². The highest BCUT2D eigenvalue weighted by Crippen LogP contribution is 2.34.